The minimum absolute atomic E-state index is 0.0886. The average molecular weight is 370 g/mol. The van der Waals surface area contributed by atoms with Crippen molar-refractivity contribution >= 4 is 17.2 Å². The molecule has 0 saturated heterocycles. The van der Waals surface area contributed by atoms with Gasteiger partial charge in [-0.05, 0) is 43.7 Å². The Morgan fingerprint density at radius 1 is 1.23 bits per heavy atom. The molecule has 1 aromatic heterocycles. The lowest BCUT2D eigenvalue weighted by molar-refractivity contribution is 0.0946. The molecule has 3 aromatic rings. The van der Waals surface area contributed by atoms with E-state index in [2.05, 4.69) is 10.3 Å². The van der Waals surface area contributed by atoms with Crippen LogP contribution in [0.25, 0.3) is 10.6 Å². The van der Waals surface area contributed by atoms with E-state index in [0.717, 1.165) is 16.3 Å². The summed E-state index contributed by atoms with van der Waals surface area (Å²) in [6.45, 7) is 4.19. The fraction of sp³-hybridized carbons (Fsp3) is 0.200. The summed E-state index contributed by atoms with van der Waals surface area (Å²) in [5, 5.41) is 5.22. The van der Waals surface area contributed by atoms with E-state index in [1.807, 2.05) is 38.1 Å². The fourth-order valence-corrected chi connectivity index (χ4v) is 3.20. The van der Waals surface area contributed by atoms with E-state index in [1.165, 1.54) is 23.5 Å². The molecule has 0 saturated carbocycles. The summed E-state index contributed by atoms with van der Waals surface area (Å²) in [5.74, 6) is 0.160. The van der Waals surface area contributed by atoms with Gasteiger partial charge < -0.3 is 10.1 Å². The van der Waals surface area contributed by atoms with Crippen LogP contribution in [0.5, 0.6) is 5.75 Å². The first-order valence-corrected chi connectivity index (χ1v) is 9.14. The van der Waals surface area contributed by atoms with Crippen molar-refractivity contribution < 1.29 is 13.9 Å². The number of carbonyl (C=O) groups is 1. The molecule has 0 spiro atoms. The van der Waals surface area contributed by atoms with Crippen molar-refractivity contribution in [2.24, 2.45) is 0 Å². The van der Waals surface area contributed by atoms with E-state index in [-0.39, 0.29) is 24.4 Å². The van der Waals surface area contributed by atoms with Crippen LogP contribution in [0.3, 0.4) is 0 Å². The van der Waals surface area contributed by atoms with Gasteiger partial charge in [-0.3, -0.25) is 4.79 Å². The van der Waals surface area contributed by atoms with E-state index in [0.29, 0.717) is 11.3 Å². The lowest BCUT2D eigenvalue weighted by atomic mass is 10.2. The smallest absolute Gasteiger partial charge is 0.271 e. The van der Waals surface area contributed by atoms with Crippen molar-refractivity contribution in [1.82, 2.24) is 10.3 Å². The van der Waals surface area contributed by atoms with Crippen LogP contribution < -0.4 is 10.1 Å². The third kappa shape index (κ3) is 4.67. The molecule has 134 valence electrons. The van der Waals surface area contributed by atoms with Gasteiger partial charge in [0.2, 0.25) is 0 Å². The van der Waals surface area contributed by atoms with E-state index in [9.17, 15) is 9.18 Å². The Morgan fingerprint density at radius 2 is 2.04 bits per heavy atom. The molecule has 0 unspecified atom stereocenters. The zero-order valence-electron chi connectivity index (χ0n) is 14.5. The van der Waals surface area contributed by atoms with Crippen LogP contribution in [0.4, 0.5) is 4.39 Å². The van der Waals surface area contributed by atoms with Crippen molar-refractivity contribution in [3.8, 4) is 16.3 Å². The van der Waals surface area contributed by atoms with Crippen molar-refractivity contribution in [3.63, 3.8) is 0 Å². The maximum atomic E-state index is 13.2. The molecule has 0 aliphatic rings. The minimum atomic E-state index is -0.323. The Labute approximate surface area is 155 Å². The molecule has 2 aromatic carbocycles. The Kier molecular flexibility index (Phi) is 5.63. The highest BCUT2D eigenvalue weighted by molar-refractivity contribution is 7.13. The van der Waals surface area contributed by atoms with Gasteiger partial charge in [-0.15, -0.1) is 11.3 Å². The predicted octanol–water partition coefficient (Wildman–Crippen LogP) is 4.67. The van der Waals surface area contributed by atoms with Gasteiger partial charge in [-0.25, -0.2) is 9.37 Å². The van der Waals surface area contributed by atoms with Crippen molar-refractivity contribution in [2.75, 3.05) is 0 Å². The number of amides is 1. The van der Waals surface area contributed by atoms with E-state index in [1.54, 1.807) is 17.5 Å². The first-order valence-electron chi connectivity index (χ1n) is 8.26. The highest BCUT2D eigenvalue weighted by Crippen LogP contribution is 2.27. The number of aromatic nitrogens is 1. The van der Waals surface area contributed by atoms with Gasteiger partial charge in [0.15, 0.2) is 0 Å². The van der Waals surface area contributed by atoms with Crippen LogP contribution in [0.2, 0.25) is 0 Å². The summed E-state index contributed by atoms with van der Waals surface area (Å²) in [4.78, 5) is 16.7. The molecule has 0 atom stereocenters. The maximum Gasteiger partial charge on any atom is 0.271 e. The average Bonchev–Trinajstić information content (AvgIpc) is 3.10. The molecular weight excluding hydrogens is 351 g/mol. The summed E-state index contributed by atoms with van der Waals surface area (Å²) in [6.07, 6.45) is 0.0886. The maximum absolute atomic E-state index is 13.2. The number of thiazole rings is 1. The quantitative estimate of drug-likeness (QED) is 0.686. The standard InChI is InChI=1S/C20H19FN2O2S/c1-13(2)25-17-8-4-6-15(10-17)20-23-18(12-26-20)19(24)22-11-14-5-3-7-16(21)9-14/h3-10,12-13H,11H2,1-2H3,(H,22,24). The molecule has 26 heavy (non-hydrogen) atoms. The van der Waals surface area contributed by atoms with Crippen LogP contribution in [0, 0.1) is 5.82 Å². The second-order valence-corrected chi connectivity index (χ2v) is 6.90. The van der Waals surface area contributed by atoms with Gasteiger partial charge in [-0.2, -0.15) is 0 Å². The molecule has 1 amide bonds. The third-order valence-corrected chi connectivity index (χ3v) is 4.42. The lowest BCUT2D eigenvalue weighted by Gasteiger charge is -2.10. The zero-order valence-corrected chi connectivity index (χ0v) is 15.3. The molecule has 3 rings (SSSR count). The molecule has 6 heteroatoms. The molecule has 1 N–H and O–H groups in total. The highest BCUT2D eigenvalue weighted by atomic mass is 32.1. The number of hydrogen-bond donors (Lipinski definition) is 1. The number of rotatable bonds is 6. The monoisotopic (exact) mass is 370 g/mol. The van der Waals surface area contributed by atoms with E-state index < -0.39 is 0 Å². The third-order valence-electron chi connectivity index (χ3n) is 3.53. The number of nitrogens with one attached hydrogen (secondary N) is 1. The Balaban J connectivity index is 1.68. The molecule has 4 nitrogen and oxygen atoms in total. The topological polar surface area (TPSA) is 51.2 Å². The number of hydrogen-bond acceptors (Lipinski definition) is 4. The fourth-order valence-electron chi connectivity index (χ4n) is 2.41. The van der Waals surface area contributed by atoms with E-state index >= 15 is 0 Å². The van der Waals surface area contributed by atoms with Crippen LogP contribution >= 0.6 is 11.3 Å². The predicted molar refractivity (Wildman–Crippen MR) is 101 cm³/mol. The number of carbonyl (C=O) groups excluding carboxylic acids is 1. The summed E-state index contributed by atoms with van der Waals surface area (Å²) < 4.78 is 18.9. The zero-order chi connectivity index (χ0) is 18.5. The van der Waals surface area contributed by atoms with Crippen LogP contribution in [0.1, 0.15) is 29.9 Å². The molecular formula is C20H19FN2O2S. The number of halogens is 1. The Bertz CT molecular complexity index is 908. The van der Waals surface area contributed by atoms with Gasteiger partial charge in [0, 0.05) is 17.5 Å². The van der Waals surface area contributed by atoms with Gasteiger partial charge in [0.1, 0.15) is 22.3 Å². The van der Waals surface area contributed by atoms with Crippen molar-refractivity contribution in [1.29, 1.82) is 0 Å². The minimum Gasteiger partial charge on any atom is -0.491 e. The van der Waals surface area contributed by atoms with Crippen molar-refractivity contribution in [3.05, 3.63) is 71.0 Å². The number of benzene rings is 2. The Morgan fingerprint density at radius 3 is 2.81 bits per heavy atom. The van der Waals surface area contributed by atoms with Crippen LogP contribution in [-0.2, 0) is 6.54 Å². The van der Waals surface area contributed by atoms with Gasteiger partial charge in [-0.1, -0.05) is 24.3 Å². The van der Waals surface area contributed by atoms with Crippen LogP contribution in [-0.4, -0.2) is 17.0 Å². The van der Waals surface area contributed by atoms with Gasteiger partial charge in [0.25, 0.3) is 5.91 Å². The molecule has 0 fully saturated rings. The van der Waals surface area contributed by atoms with Crippen LogP contribution in [0.15, 0.2) is 53.9 Å². The molecule has 0 aliphatic heterocycles. The normalized spacial score (nSPS) is 10.8. The summed E-state index contributed by atoms with van der Waals surface area (Å²) >= 11 is 1.40. The van der Waals surface area contributed by atoms with Gasteiger partial charge in [0.05, 0.1) is 6.10 Å². The number of nitrogens with zero attached hydrogens (tertiary/aromatic N) is 1. The first-order chi connectivity index (χ1) is 12.5. The number of ether oxygens (including phenoxy) is 1. The molecule has 0 bridgehead atoms. The van der Waals surface area contributed by atoms with E-state index in [4.69, 9.17) is 4.74 Å². The summed E-state index contributed by atoms with van der Waals surface area (Å²) in [5.41, 5.74) is 1.95. The SMILES string of the molecule is CC(C)Oc1cccc(-c2nc(C(=O)NCc3cccc(F)c3)cs2)c1. The lowest BCUT2D eigenvalue weighted by Crippen LogP contribution is -2.23. The summed E-state index contributed by atoms with van der Waals surface area (Å²) in [6, 6.07) is 13.8. The summed E-state index contributed by atoms with van der Waals surface area (Å²) in [7, 11) is 0. The second kappa shape index (κ2) is 8.10. The first kappa shape index (κ1) is 18.1. The highest BCUT2D eigenvalue weighted by Gasteiger charge is 2.12. The van der Waals surface area contributed by atoms with Crippen molar-refractivity contribution in [2.45, 2.75) is 26.5 Å². The Hall–Kier alpha value is -2.73. The molecule has 0 radical (unpaired) electrons. The molecule has 1 heterocycles. The molecule has 0 aliphatic carbocycles. The second-order valence-electron chi connectivity index (χ2n) is 6.04. The largest absolute Gasteiger partial charge is 0.491 e. The van der Waals surface area contributed by atoms with Gasteiger partial charge >= 0.3 is 0 Å².